The van der Waals surface area contributed by atoms with Crippen molar-refractivity contribution in [3.63, 3.8) is 0 Å². The van der Waals surface area contributed by atoms with Crippen molar-refractivity contribution in [1.82, 2.24) is 4.98 Å². The first kappa shape index (κ1) is 22.4. The highest BCUT2D eigenvalue weighted by Gasteiger charge is 2.14. The average molecular weight is 459 g/mol. The number of carbonyl (C=O) groups is 2. The molecule has 1 heterocycles. The van der Waals surface area contributed by atoms with Gasteiger partial charge in [0.2, 0.25) is 21.8 Å². The van der Waals surface area contributed by atoms with Gasteiger partial charge in [-0.1, -0.05) is 41.9 Å². The van der Waals surface area contributed by atoms with Crippen LogP contribution in [0, 0.1) is 0 Å². The second kappa shape index (κ2) is 9.69. The van der Waals surface area contributed by atoms with Crippen molar-refractivity contribution in [2.75, 3.05) is 10.6 Å². The third-order valence-electron chi connectivity index (χ3n) is 4.25. The maximum atomic E-state index is 12.1. The lowest BCUT2D eigenvalue weighted by Crippen LogP contribution is -2.17. The summed E-state index contributed by atoms with van der Waals surface area (Å²) in [5.41, 5.74) is 1.62. The van der Waals surface area contributed by atoms with E-state index in [0.29, 0.717) is 27.7 Å². The molecule has 3 rings (SSSR count). The van der Waals surface area contributed by atoms with Gasteiger partial charge in [-0.2, -0.15) is 0 Å². The van der Waals surface area contributed by atoms with Gasteiger partial charge in [0.05, 0.1) is 9.92 Å². The minimum Gasteiger partial charge on any atom is -0.326 e. The second-order valence-electron chi connectivity index (χ2n) is 6.58. The third kappa shape index (κ3) is 6.35. The average Bonchev–Trinajstić information content (AvgIpc) is 2.74. The Bertz CT molecular complexity index is 1200. The first-order valence-electron chi connectivity index (χ1n) is 9.16. The number of halogens is 1. The Morgan fingerprint density at radius 3 is 2.16 bits per heavy atom. The molecule has 1 aromatic heterocycles. The number of nitrogens with zero attached hydrogens (tertiary/aromatic N) is 1. The van der Waals surface area contributed by atoms with Crippen LogP contribution in [0.4, 0.5) is 11.5 Å². The molecular weight excluding hydrogens is 440 g/mol. The highest BCUT2D eigenvalue weighted by Crippen LogP contribution is 2.27. The van der Waals surface area contributed by atoms with Crippen LogP contribution in [0.5, 0.6) is 0 Å². The van der Waals surface area contributed by atoms with E-state index in [1.54, 1.807) is 54.6 Å². The molecule has 0 radical (unpaired) electrons. The lowest BCUT2D eigenvalue weighted by atomic mass is 10.1. The number of nitrogens with two attached hydrogens (primary N) is 1. The molecule has 8 nitrogen and oxygen atoms in total. The quantitative estimate of drug-likeness (QED) is 0.499. The normalized spacial score (nSPS) is 11.0. The van der Waals surface area contributed by atoms with Crippen LogP contribution in [-0.4, -0.2) is 25.2 Å². The lowest BCUT2D eigenvalue weighted by Gasteiger charge is -2.10. The standard InChI is InChI=1S/C21H19ClN4O4S/c22-15-7-10-19(24-13-15)26-21(28)12-11-20(27)25-16-8-5-14(6-9-16)17-3-1-2-4-18(17)31(23,29)30/h1-10,13H,11-12H2,(H,25,27)(H2,23,29,30)(H,24,26,28). The number of primary sulfonamides is 1. The molecule has 0 unspecified atom stereocenters. The lowest BCUT2D eigenvalue weighted by molar-refractivity contribution is -0.121. The molecule has 0 saturated carbocycles. The van der Waals surface area contributed by atoms with Gasteiger partial charge in [0.1, 0.15) is 5.82 Å². The molecule has 2 aromatic carbocycles. The molecular formula is C21H19ClN4O4S. The smallest absolute Gasteiger partial charge is 0.238 e. The van der Waals surface area contributed by atoms with Gasteiger partial charge in [-0.3, -0.25) is 9.59 Å². The summed E-state index contributed by atoms with van der Waals surface area (Å²) in [5.74, 6) is -0.331. The Morgan fingerprint density at radius 1 is 0.903 bits per heavy atom. The number of carbonyl (C=O) groups excluding carboxylic acids is 2. The number of anilines is 2. The number of amides is 2. The van der Waals surface area contributed by atoms with Crippen LogP contribution in [-0.2, 0) is 19.6 Å². The monoisotopic (exact) mass is 458 g/mol. The Morgan fingerprint density at radius 2 is 1.55 bits per heavy atom. The van der Waals surface area contributed by atoms with Crippen molar-refractivity contribution in [2.45, 2.75) is 17.7 Å². The summed E-state index contributed by atoms with van der Waals surface area (Å²) in [6, 6.07) is 16.2. The van der Waals surface area contributed by atoms with Crippen LogP contribution in [0.3, 0.4) is 0 Å². The minimum atomic E-state index is -3.87. The van der Waals surface area contributed by atoms with E-state index in [1.807, 2.05) is 0 Å². The van der Waals surface area contributed by atoms with Gasteiger partial charge in [-0.15, -0.1) is 0 Å². The van der Waals surface area contributed by atoms with Crippen LogP contribution in [0.2, 0.25) is 5.02 Å². The van der Waals surface area contributed by atoms with E-state index in [-0.39, 0.29) is 29.6 Å². The molecule has 0 atom stereocenters. The number of rotatable bonds is 7. The highest BCUT2D eigenvalue weighted by molar-refractivity contribution is 7.89. The Labute approximate surface area is 184 Å². The molecule has 0 aliphatic rings. The molecule has 10 heteroatoms. The summed E-state index contributed by atoms with van der Waals surface area (Å²) in [4.78, 5) is 28.1. The molecule has 0 aliphatic heterocycles. The zero-order valence-electron chi connectivity index (χ0n) is 16.2. The zero-order chi connectivity index (χ0) is 22.4. The first-order valence-corrected chi connectivity index (χ1v) is 11.1. The molecule has 3 aromatic rings. The Balaban J connectivity index is 1.57. The molecule has 0 spiro atoms. The van der Waals surface area contributed by atoms with Crippen molar-refractivity contribution in [2.24, 2.45) is 5.14 Å². The largest absolute Gasteiger partial charge is 0.326 e. The van der Waals surface area contributed by atoms with Crippen molar-refractivity contribution in [3.05, 3.63) is 71.9 Å². The topological polar surface area (TPSA) is 131 Å². The van der Waals surface area contributed by atoms with Crippen molar-refractivity contribution in [3.8, 4) is 11.1 Å². The molecule has 2 amide bonds. The van der Waals surface area contributed by atoms with E-state index in [4.69, 9.17) is 16.7 Å². The fourth-order valence-electron chi connectivity index (χ4n) is 2.79. The summed E-state index contributed by atoms with van der Waals surface area (Å²) in [5, 5.41) is 11.0. The Kier molecular flexibility index (Phi) is 7.01. The fraction of sp³-hybridized carbons (Fsp3) is 0.0952. The summed E-state index contributed by atoms with van der Waals surface area (Å²) >= 11 is 5.74. The van der Waals surface area contributed by atoms with E-state index < -0.39 is 10.0 Å². The first-order chi connectivity index (χ1) is 14.7. The highest BCUT2D eigenvalue weighted by atomic mass is 35.5. The number of hydrogen-bond donors (Lipinski definition) is 3. The Hall–Kier alpha value is -3.27. The van der Waals surface area contributed by atoms with Gasteiger partial charge in [-0.05, 0) is 35.9 Å². The summed E-state index contributed by atoms with van der Waals surface area (Å²) < 4.78 is 23.5. The van der Waals surface area contributed by atoms with E-state index in [9.17, 15) is 18.0 Å². The third-order valence-corrected chi connectivity index (χ3v) is 5.44. The SMILES string of the molecule is NS(=O)(=O)c1ccccc1-c1ccc(NC(=O)CCC(=O)Nc2ccc(Cl)cn2)cc1. The number of aromatic nitrogens is 1. The number of hydrogen-bond acceptors (Lipinski definition) is 5. The molecule has 31 heavy (non-hydrogen) atoms. The summed E-state index contributed by atoms with van der Waals surface area (Å²) in [6.07, 6.45) is 1.38. The van der Waals surface area contributed by atoms with Crippen molar-refractivity contribution >= 4 is 44.9 Å². The molecule has 160 valence electrons. The van der Waals surface area contributed by atoms with Crippen LogP contribution >= 0.6 is 11.6 Å². The van der Waals surface area contributed by atoms with E-state index in [1.165, 1.54) is 12.3 Å². The van der Waals surface area contributed by atoms with Gasteiger partial charge >= 0.3 is 0 Å². The van der Waals surface area contributed by atoms with Crippen LogP contribution in [0.1, 0.15) is 12.8 Å². The van der Waals surface area contributed by atoms with Crippen LogP contribution in [0.25, 0.3) is 11.1 Å². The number of sulfonamides is 1. The van der Waals surface area contributed by atoms with Crippen molar-refractivity contribution < 1.29 is 18.0 Å². The maximum Gasteiger partial charge on any atom is 0.238 e. The predicted octanol–water partition coefficient (Wildman–Crippen LogP) is 3.41. The molecule has 0 saturated heterocycles. The molecule has 0 aliphatic carbocycles. The predicted molar refractivity (Wildman–Crippen MR) is 119 cm³/mol. The van der Waals surface area contributed by atoms with E-state index in [2.05, 4.69) is 15.6 Å². The van der Waals surface area contributed by atoms with Crippen LogP contribution in [0.15, 0.2) is 71.8 Å². The minimum absolute atomic E-state index is 0.0179. The summed E-state index contributed by atoms with van der Waals surface area (Å²) in [6.45, 7) is 0. The summed E-state index contributed by atoms with van der Waals surface area (Å²) in [7, 11) is -3.87. The van der Waals surface area contributed by atoms with E-state index in [0.717, 1.165) is 0 Å². The maximum absolute atomic E-state index is 12.1. The number of benzene rings is 2. The van der Waals surface area contributed by atoms with Gasteiger partial charge in [-0.25, -0.2) is 18.5 Å². The van der Waals surface area contributed by atoms with Gasteiger partial charge in [0.25, 0.3) is 0 Å². The van der Waals surface area contributed by atoms with Gasteiger partial charge in [0, 0.05) is 30.3 Å². The molecule has 0 fully saturated rings. The second-order valence-corrected chi connectivity index (χ2v) is 8.54. The number of pyridine rings is 1. The van der Waals surface area contributed by atoms with E-state index >= 15 is 0 Å². The van der Waals surface area contributed by atoms with Crippen LogP contribution < -0.4 is 15.8 Å². The van der Waals surface area contributed by atoms with Gasteiger partial charge < -0.3 is 10.6 Å². The number of nitrogens with one attached hydrogen (secondary N) is 2. The fourth-order valence-corrected chi connectivity index (χ4v) is 3.66. The zero-order valence-corrected chi connectivity index (χ0v) is 17.8. The molecule has 0 bridgehead atoms. The van der Waals surface area contributed by atoms with Gasteiger partial charge in [0.15, 0.2) is 0 Å². The molecule has 4 N–H and O–H groups in total. The van der Waals surface area contributed by atoms with Crippen molar-refractivity contribution in [1.29, 1.82) is 0 Å².